The highest BCUT2D eigenvalue weighted by molar-refractivity contribution is 5.70. The number of carbonyl (C=O) groups excluding carboxylic acids is 2. The van der Waals surface area contributed by atoms with Gasteiger partial charge in [0.05, 0.1) is 12.7 Å². The lowest BCUT2D eigenvalue weighted by atomic mass is 9.88. The van der Waals surface area contributed by atoms with Gasteiger partial charge in [-0.1, -0.05) is 12.1 Å². The predicted molar refractivity (Wildman–Crippen MR) is 102 cm³/mol. The highest BCUT2D eigenvalue weighted by Gasteiger charge is 2.35. The number of hydrogen-bond acceptors (Lipinski definition) is 5. The third kappa shape index (κ3) is 6.66. The first kappa shape index (κ1) is 23.1. The van der Waals surface area contributed by atoms with Crippen LogP contribution in [0.1, 0.15) is 52.2 Å². The van der Waals surface area contributed by atoms with Crippen molar-refractivity contribution in [2.75, 3.05) is 26.3 Å². The molecule has 2 rings (SSSR count). The van der Waals surface area contributed by atoms with Crippen LogP contribution in [0.2, 0.25) is 0 Å². The molecule has 1 aromatic carbocycles. The van der Waals surface area contributed by atoms with Crippen LogP contribution in [0.25, 0.3) is 0 Å². The van der Waals surface area contributed by atoms with E-state index in [-0.39, 0.29) is 24.6 Å². The van der Waals surface area contributed by atoms with Crippen molar-refractivity contribution in [3.8, 4) is 0 Å². The quantitative estimate of drug-likeness (QED) is 0.653. The molecule has 0 radical (unpaired) electrons. The Morgan fingerprint density at radius 1 is 1.28 bits per heavy atom. The Bertz CT molecular complexity index is 720. The summed E-state index contributed by atoms with van der Waals surface area (Å²) < 4.78 is 44.3. The molecular weight excluding hydrogens is 384 g/mol. The van der Waals surface area contributed by atoms with E-state index in [0.717, 1.165) is 6.07 Å². The highest BCUT2D eigenvalue weighted by atomic mass is 19.2. The Balaban J connectivity index is 2.21. The van der Waals surface area contributed by atoms with Crippen LogP contribution in [0.3, 0.4) is 0 Å². The Kier molecular flexibility index (Phi) is 7.96. The van der Waals surface area contributed by atoms with Crippen molar-refractivity contribution >= 4 is 12.1 Å². The van der Waals surface area contributed by atoms with Crippen LogP contribution in [-0.2, 0) is 19.0 Å². The molecule has 0 spiro atoms. The maximum Gasteiger partial charge on any atom is 0.410 e. The molecule has 2 atom stereocenters. The molecule has 1 aromatic rings. The van der Waals surface area contributed by atoms with Crippen LogP contribution in [0.5, 0.6) is 0 Å². The van der Waals surface area contributed by atoms with Gasteiger partial charge in [-0.15, -0.1) is 0 Å². The van der Waals surface area contributed by atoms with E-state index < -0.39 is 42.0 Å². The summed E-state index contributed by atoms with van der Waals surface area (Å²) in [5.74, 6) is -2.93. The molecule has 0 unspecified atom stereocenters. The molecule has 0 N–H and O–H groups in total. The van der Waals surface area contributed by atoms with Gasteiger partial charge in [0.2, 0.25) is 0 Å². The SMILES string of the molecule is CCOC(=O)CO[C@H](c1cccc(F)c1F)[C@@H]1CCCN(C(=O)OC(C)(C)C)C1. The van der Waals surface area contributed by atoms with E-state index in [1.54, 1.807) is 27.7 Å². The molecular formula is C21H29F2NO5. The lowest BCUT2D eigenvalue weighted by molar-refractivity contribution is -0.152. The second-order valence-corrected chi connectivity index (χ2v) is 8.01. The molecule has 1 fully saturated rings. The normalized spacial score (nSPS) is 18.3. The van der Waals surface area contributed by atoms with Crippen molar-refractivity contribution in [3.63, 3.8) is 0 Å². The monoisotopic (exact) mass is 413 g/mol. The van der Waals surface area contributed by atoms with Crippen LogP contribution in [-0.4, -0.2) is 48.9 Å². The fourth-order valence-electron chi connectivity index (χ4n) is 3.33. The fourth-order valence-corrected chi connectivity index (χ4v) is 3.33. The maximum atomic E-state index is 14.5. The van der Waals surface area contributed by atoms with E-state index in [2.05, 4.69) is 0 Å². The van der Waals surface area contributed by atoms with E-state index in [1.807, 2.05) is 0 Å². The number of halogens is 2. The van der Waals surface area contributed by atoms with Gasteiger partial charge in [-0.3, -0.25) is 0 Å². The summed E-state index contributed by atoms with van der Waals surface area (Å²) in [6.07, 6.45) is -0.0885. The van der Waals surface area contributed by atoms with Crippen LogP contribution in [0, 0.1) is 17.6 Å². The average molecular weight is 413 g/mol. The molecule has 1 heterocycles. The van der Waals surface area contributed by atoms with Crippen molar-refractivity contribution in [1.82, 2.24) is 4.90 Å². The zero-order valence-corrected chi connectivity index (χ0v) is 17.4. The summed E-state index contributed by atoms with van der Waals surface area (Å²) in [4.78, 5) is 25.7. The van der Waals surface area contributed by atoms with Crippen molar-refractivity contribution in [2.24, 2.45) is 5.92 Å². The summed E-state index contributed by atoms with van der Waals surface area (Å²) in [7, 11) is 0. The minimum Gasteiger partial charge on any atom is -0.464 e. The third-order valence-electron chi connectivity index (χ3n) is 4.51. The molecule has 0 bridgehead atoms. The lowest BCUT2D eigenvalue weighted by Crippen LogP contribution is -2.44. The Morgan fingerprint density at radius 3 is 2.66 bits per heavy atom. The van der Waals surface area contributed by atoms with Gasteiger partial charge in [-0.05, 0) is 46.6 Å². The zero-order chi connectivity index (χ0) is 21.6. The second-order valence-electron chi connectivity index (χ2n) is 8.01. The molecule has 1 saturated heterocycles. The number of rotatable bonds is 6. The highest BCUT2D eigenvalue weighted by Crippen LogP contribution is 2.35. The molecule has 1 aliphatic rings. The van der Waals surface area contributed by atoms with Gasteiger partial charge in [-0.2, -0.15) is 0 Å². The standard InChI is InChI=1S/C21H29F2NO5/c1-5-27-17(25)13-28-19(15-9-6-10-16(22)18(15)23)14-8-7-11-24(12-14)20(26)29-21(2,3)4/h6,9-10,14,19H,5,7-8,11-13H2,1-4H3/t14-,19+/m1/s1. The number of hydrogen-bond donors (Lipinski definition) is 0. The Labute approximate surface area is 170 Å². The molecule has 1 aliphatic heterocycles. The first-order valence-electron chi connectivity index (χ1n) is 9.81. The van der Waals surface area contributed by atoms with E-state index in [1.165, 1.54) is 17.0 Å². The minimum atomic E-state index is -1.02. The van der Waals surface area contributed by atoms with Gasteiger partial charge >= 0.3 is 12.1 Å². The number of ether oxygens (including phenoxy) is 3. The number of amides is 1. The van der Waals surface area contributed by atoms with Gasteiger partial charge in [-0.25, -0.2) is 18.4 Å². The predicted octanol–water partition coefficient (Wildman–Crippen LogP) is 4.23. The first-order chi connectivity index (χ1) is 13.6. The molecule has 0 aliphatic carbocycles. The smallest absolute Gasteiger partial charge is 0.410 e. The maximum absolute atomic E-state index is 14.5. The van der Waals surface area contributed by atoms with Crippen molar-refractivity contribution in [2.45, 2.75) is 52.2 Å². The Hall–Kier alpha value is -2.22. The molecule has 162 valence electrons. The lowest BCUT2D eigenvalue weighted by Gasteiger charge is -2.37. The minimum absolute atomic E-state index is 0.0188. The summed E-state index contributed by atoms with van der Waals surface area (Å²) in [6, 6.07) is 3.85. The van der Waals surface area contributed by atoms with Gasteiger partial charge in [0.25, 0.3) is 0 Å². The van der Waals surface area contributed by atoms with Crippen LogP contribution < -0.4 is 0 Å². The van der Waals surface area contributed by atoms with E-state index >= 15 is 0 Å². The van der Waals surface area contributed by atoms with Crippen molar-refractivity contribution < 1.29 is 32.6 Å². The summed E-state index contributed by atoms with van der Waals surface area (Å²) in [5, 5.41) is 0. The van der Waals surface area contributed by atoms with Crippen LogP contribution in [0.15, 0.2) is 18.2 Å². The summed E-state index contributed by atoms with van der Waals surface area (Å²) >= 11 is 0. The number of carbonyl (C=O) groups is 2. The van der Waals surface area contributed by atoms with Gasteiger partial charge < -0.3 is 19.1 Å². The van der Waals surface area contributed by atoms with Gasteiger partial charge in [0, 0.05) is 24.6 Å². The number of esters is 1. The van der Waals surface area contributed by atoms with Crippen molar-refractivity contribution in [1.29, 1.82) is 0 Å². The van der Waals surface area contributed by atoms with Crippen LogP contribution in [0.4, 0.5) is 13.6 Å². The largest absolute Gasteiger partial charge is 0.464 e. The topological polar surface area (TPSA) is 65.1 Å². The Morgan fingerprint density at radius 2 is 2.00 bits per heavy atom. The molecule has 8 heteroatoms. The molecule has 6 nitrogen and oxygen atoms in total. The number of likely N-dealkylation sites (tertiary alicyclic amines) is 1. The van der Waals surface area contributed by atoms with Gasteiger partial charge in [0.15, 0.2) is 11.6 Å². The van der Waals surface area contributed by atoms with Crippen LogP contribution >= 0.6 is 0 Å². The molecule has 0 aromatic heterocycles. The van der Waals surface area contributed by atoms with Crippen molar-refractivity contribution in [3.05, 3.63) is 35.4 Å². The second kappa shape index (κ2) is 10.0. The average Bonchev–Trinajstić information content (AvgIpc) is 2.64. The summed E-state index contributed by atoms with van der Waals surface area (Å²) in [6.45, 7) is 7.55. The van der Waals surface area contributed by atoms with E-state index in [0.29, 0.717) is 19.4 Å². The first-order valence-corrected chi connectivity index (χ1v) is 9.81. The number of benzene rings is 1. The van der Waals surface area contributed by atoms with Gasteiger partial charge in [0.1, 0.15) is 12.2 Å². The van der Waals surface area contributed by atoms with E-state index in [9.17, 15) is 18.4 Å². The molecule has 1 amide bonds. The number of piperidine rings is 1. The third-order valence-corrected chi connectivity index (χ3v) is 4.51. The zero-order valence-electron chi connectivity index (χ0n) is 17.4. The number of nitrogens with zero attached hydrogens (tertiary/aromatic N) is 1. The molecule has 29 heavy (non-hydrogen) atoms. The fraction of sp³-hybridized carbons (Fsp3) is 0.619. The molecule has 0 saturated carbocycles. The summed E-state index contributed by atoms with van der Waals surface area (Å²) in [5.41, 5.74) is -0.622. The van der Waals surface area contributed by atoms with E-state index in [4.69, 9.17) is 14.2 Å².